The van der Waals surface area contributed by atoms with Crippen molar-refractivity contribution < 1.29 is 8.78 Å². The van der Waals surface area contributed by atoms with Gasteiger partial charge in [0.25, 0.3) is 0 Å². The van der Waals surface area contributed by atoms with E-state index in [2.05, 4.69) is 16.4 Å². The second kappa shape index (κ2) is 7.02. The van der Waals surface area contributed by atoms with Crippen LogP contribution in [0.4, 0.5) is 14.5 Å². The minimum Gasteiger partial charge on any atom is -0.370 e. The van der Waals surface area contributed by atoms with E-state index >= 15 is 0 Å². The summed E-state index contributed by atoms with van der Waals surface area (Å²) in [5, 5.41) is 2.98. The number of hydrogen-bond donors (Lipinski definition) is 2. The minimum atomic E-state index is -0.559. The van der Waals surface area contributed by atoms with E-state index in [0.29, 0.717) is 0 Å². The number of benzene rings is 2. The Kier molecular flexibility index (Phi) is 5.09. The molecule has 0 amide bonds. The molecule has 0 aliphatic carbocycles. The molecule has 0 spiro atoms. The number of nitrogens with one attached hydrogen (secondary N) is 1. The fraction of sp³-hybridized carbons (Fsp3) is 0.235. The van der Waals surface area contributed by atoms with Gasteiger partial charge in [0, 0.05) is 17.8 Å². The van der Waals surface area contributed by atoms with Crippen molar-refractivity contribution in [3.8, 4) is 0 Å². The molecule has 0 aliphatic rings. The van der Waals surface area contributed by atoms with Gasteiger partial charge in [-0.1, -0.05) is 12.1 Å². The number of anilines is 1. The average molecular weight is 303 g/mol. The zero-order valence-electron chi connectivity index (χ0n) is 12.7. The van der Waals surface area contributed by atoms with Crippen molar-refractivity contribution in [1.82, 2.24) is 0 Å². The smallest absolute Gasteiger partial charge is 0.193 e. The predicted octanol–water partition coefficient (Wildman–Crippen LogP) is 3.55. The monoisotopic (exact) mass is 303 g/mol. The van der Waals surface area contributed by atoms with Crippen LogP contribution in [0.15, 0.2) is 41.4 Å². The van der Waals surface area contributed by atoms with Gasteiger partial charge in [-0.2, -0.15) is 0 Å². The largest absolute Gasteiger partial charge is 0.370 e. The van der Waals surface area contributed by atoms with E-state index in [9.17, 15) is 8.78 Å². The number of nitrogens with two attached hydrogens (primary N) is 1. The molecule has 3 nitrogen and oxygen atoms in total. The van der Waals surface area contributed by atoms with Crippen LogP contribution in [0.5, 0.6) is 0 Å². The number of hydrogen-bond acceptors (Lipinski definition) is 1. The Bertz CT molecular complexity index is 656. The third kappa shape index (κ3) is 4.28. The quantitative estimate of drug-likeness (QED) is 0.670. The van der Waals surface area contributed by atoms with E-state index in [1.165, 1.54) is 18.2 Å². The van der Waals surface area contributed by atoms with Crippen LogP contribution in [0.3, 0.4) is 0 Å². The standard InChI is InChI=1S/C17H19F2N3/c1-11-8-12(2)10-13(9-11)22-17(20)21-7-6-14-15(18)4-3-5-16(14)19/h3-5,8-10H,6-7H2,1-2H3,(H3,20,21,22). The van der Waals surface area contributed by atoms with Crippen LogP contribution in [-0.4, -0.2) is 12.5 Å². The van der Waals surface area contributed by atoms with Crippen LogP contribution in [-0.2, 0) is 6.42 Å². The third-order valence-electron chi connectivity index (χ3n) is 3.20. The van der Waals surface area contributed by atoms with Crippen molar-refractivity contribution in [2.75, 3.05) is 11.9 Å². The normalized spacial score (nSPS) is 11.5. The summed E-state index contributed by atoms with van der Waals surface area (Å²) in [6.07, 6.45) is 0.160. The molecule has 0 fully saturated rings. The molecular formula is C17H19F2N3. The molecular weight excluding hydrogens is 284 g/mol. The number of nitrogens with zero attached hydrogens (tertiary/aromatic N) is 1. The van der Waals surface area contributed by atoms with Crippen molar-refractivity contribution in [2.24, 2.45) is 10.7 Å². The van der Waals surface area contributed by atoms with Gasteiger partial charge < -0.3 is 11.1 Å². The first-order valence-corrected chi connectivity index (χ1v) is 7.04. The number of aryl methyl sites for hydroxylation is 2. The molecule has 0 atom stereocenters. The highest BCUT2D eigenvalue weighted by Crippen LogP contribution is 2.14. The van der Waals surface area contributed by atoms with Crippen molar-refractivity contribution >= 4 is 11.6 Å². The van der Waals surface area contributed by atoms with Gasteiger partial charge in [-0.05, 0) is 55.7 Å². The van der Waals surface area contributed by atoms with Crippen LogP contribution in [0.25, 0.3) is 0 Å². The maximum absolute atomic E-state index is 13.5. The molecule has 2 aromatic carbocycles. The molecule has 0 saturated carbocycles. The summed E-state index contributed by atoms with van der Waals surface area (Å²) in [4.78, 5) is 4.11. The Morgan fingerprint density at radius 3 is 2.27 bits per heavy atom. The molecule has 0 bridgehead atoms. The lowest BCUT2D eigenvalue weighted by Gasteiger charge is -2.08. The first-order chi connectivity index (χ1) is 10.5. The number of aliphatic imine (C=N–C) groups is 1. The topological polar surface area (TPSA) is 50.4 Å². The van der Waals surface area contributed by atoms with Crippen LogP contribution < -0.4 is 11.1 Å². The van der Waals surface area contributed by atoms with Crippen molar-refractivity contribution in [3.05, 3.63) is 64.7 Å². The van der Waals surface area contributed by atoms with Gasteiger partial charge in [0.2, 0.25) is 0 Å². The van der Waals surface area contributed by atoms with E-state index in [4.69, 9.17) is 5.73 Å². The van der Waals surface area contributed by atoms with Gasteiger partial charge in [-0.25, -0.2) is 8.78 Å². The van der Waals surface area contributed by atoms with Gasteiger partial charge in [0.15, 0.2) is 5.96 Å². The van der Waals surface area contributed by atoms with Gasteiger partial charge in [0.1, 0.15) is 11.6 Å². The van der Waals surface area contributed by atoms with E-state index in [-0.39, 0.29) is 24.5 Å². The van der Waals surface area contributed by atoms with Crippen molar-refractivity contribution in [2.45, 2.75) is 20.3 Å². The van der Waals surface area contributed by atoms with Gasteiger partial charge in [-0.3, -0.25) is 4.99 Å². The second-order valence-electron chi connectivity index (χ2n) is 5.22. The van der Waals surface area contributed by atoms with Crippen LogP contribution in [0.1, 0.15) is 16.7 Å². The lowest BCUT2D eigenvalue weighted by Crippen LogP contribution is -2.23. The van der Waals surface area contributed by atoms with E-state index in [1.807, 2.05) is 26.0 Å². The SMILES string of the molecule is Cc1cc(C)cc(NC(N)=NCCc2c(F)cccc2F)c1. The Hall–Kier alpha value is -2.43. The lowest BCUT2D eigenvalue weighted by molar-refractivity contribution is 0.556. The molecule has 0 aromatic heterocycles. The summed E-state index contributed by atoms with van der Waals surface area (Å²) in [5.41, 5.74) is 8.90. The molecule has 0 radical (unpaired) electrons. The highest BCUT2D eigenvalue weighted by atomic mass is 19.1. The lowest BCUT2D eigenvalue weighted by atomic mass is 10.1. The predicted molar refractivity (Wildman–Crippen MR) is 86.1 cm³/mol. The number of guanidine groups is 1. The van der Waals surface area contributed by atoms with E-state index in [1.54, 1.807) is 0 Å². The van der Waals surface area contributed by atoms with Crippen molar-refractivity contribution in [3.63, 3.8) is 0 Å². The molecule has 22 heavy (non-hydrogen) atoms. The minimum absolute atomic E-state index is 0.0328. The molecule has 2 aromatic rings. The summed E-state index contributed by atoms with van der Waals surface area (Å²) in [6.45, 7) is 4.19. The van der Waals surface area contributed by atoms with Crippen LogP contribution in [0.2, 0.25) is 0 Å². The molecule has 2 rings (SSSR count). The van der Waals surface area contributed by atoms with Gasteiger partial charge >= 0.3 is 0 Å². The zero-order valence-corrected chi connectivity index (χ0v) is 12.7. The van der Waals surface area contributed by atoms with Crippen LogP contribution >= 0.6 is 0 Å². The molecule has 116 valence electrons. The zero-order chi connectivity index (χ0) is 16.1. The second-order valence-corrected chi connectivity index (χ2v) is 5.22. The summed E-state index contributed by atoms with van der Waals surface area (Å²) in [7, 11) is 0. The molecule has 5 heteroatoms. The maximum atomic E-state index is 13.5. The highest BCUT2D eigenvalue weighted by Gasteiger charge is 2.07. The third-order valence-corrected chi connectivity index (χ3v) is 3.20. The maximum Gasteiger partial charge on any atom is 0.193 e. The molecule has 0 aliphatic heterocycles. The molecule has 0 saturated heterocycles. The van der Waals surface area contributed by atoms with E-state index in [0.717, 1.165) is 16.8 Å². The highest BCUT2D eigenvalue weighted by molar-refractivity contribution is 5.92. The summed E-state index contributed by atoms with van der Waals surface area (Å²) in [6, 6.07) is 9.77. The summed E-state index contributed by atoms with van der Waals surface area (Å²) in [5.74, 6) is -0.895. The fourth-order valence-corrected chi connectivity index (χ4v) is 2.29. The fourth-order valence-electron chi connectivity index (χ4n) is 2.29. The Morgan fingerprint density at radius 2 is 1.68 bits per heavy atom. The molecule has 3 N–H and O–H groups in total. The first-order valence-electron chi connectivity index (χ1n) is 7.04. The van der Waals surface area contributed by atoms with E-state index < -0.39 is 11.6 Å². The summed E-state index contributed by atoms with van der Waals surface area (Å²) >= 11 is 0. The Morgan fingerprint density at radius 1 is 1.09 bits per heavy atom. The summed E-state index contributed by atoms with van der Waals surface area (Å²) < 4.78 is 27.0. The van der Waals surface area contributed by atoms with Crippen molar-refractivity contribution in [1.29, 1.82) is 0 Å². The van der Waals surface area contributed by atoms with Gasteiger partial charge in [-0.15, -0.1) is 0 Å². The van der Waals surface area contributed by atoms with Crippen LogP contribution in [0, 0.1) is 25.5 Å². The van der Waals surface area contributed by atoms with Gasteiger partial charge in [0.05, 0.1) is 0 Å². The molecule has 0 heterocycles. The Labute approximate surface area is 128 Å². The average Bonchev–Trinajstić information content (AvgIpc) is 2.41. The molecule has 0 unspecified atom stereocenters. The Balaban J connectivity index is 1.98. The number of rotatable bonds is 4. The number of halogens is 2. The first kappa shape index (κ1) is 15.9.